The summed E-state index contributed by atoms with van der Waals surface area (Å²) in [5, 5.41) is 17.6. The van der Waals surface area contributed by atoms with E-state index < -0.39 is 26.7 Å². The van der Waals surface area contributed by atoms with Gasteiger partial charge in [-0.15, -0.1) is 22.7 Å². The molecule has 6 rings (SSSR count). The summed E-state index contributed by atoms with van der Waals surface area (Å²) in [7, 11) is -4.21. The van der Waals surface area contributed by atoms with Gasteiger partial charge in [0.05, 0.1) is 5.69 Å². The Morgan fingerprint density at radius 2 is 1.93 bits per heavy atom. The number of aryl methyl sites for hydroxylation is 2. The zero-order valence-corrected chi connectivity index (χ0v) is 26.2. The number of aromatic nitrogens is 3. The second-order valence-corrected chi connectivity index (χ2v) is 14.4. The van der Waals surface area contributed by atoms with E-state index >= 15 is 0 Å². The lowest BCUT2D eigenvalue weighted by molar-refractivity contribution is 0.0691. The quantitative estimate of drug-likeness (QED) is 0.192. The van der Waals surface area contributed by atoms with Crippen molar-refractivity contribution in [2.45, 2.75) is 44.6 Å². The Balaban J connectivity index is 1.49. The number of aromatic carboxylic acids is 1. The molecule has 1 saturated carbocycles. The van der Waals surface area contributed by atoms with E-state index in [-0.39, 0.29) is 12.2 Å². The molecule has 224 valence electrons. The molecule has 0 aliphatic heterocycles. The third-order valence-electron chi connectivity index (χ3n) is 7.49. The fourth-order valence-corrected chi connectivity index (χ4v) is 7.16. The van der Waals surface area contributed by atoms with Gasteiger partial charge in [-0.1, -0.05) is 24.1 Å². The van der Waals surface area contributed by atoms with Crippen LogP contribution >= 0.6 is 22.7 Å². The van der Waals surface area contributed by atoms with Gasteiger partial charge in [0, 0.05) is 39.3 Å². The van der Waals surface area contributed by atoms with E-state index in [0.29, 0.717) is 16.5 Å². The molecule has 1 aliphatic rings. The number of nitrogens with two attached hydrogens (primary N) is 1. The number of hydrogen-bond acceptors (Lipinski definition) is 7. The topological polar surface area (TPSA) is 128 Å². The number of thiazole rings is 2. The molecule has 3 heterocycles. The molecule has 0 spiro atoms. The molecule has 44 heavy (non-hydrogen) atoms. The van der Waals surface area contributed by atoms with Crippen molar-refractivity contribution in [3.8, 4) is 33.7 Å². The van der Waals surface area contributed by atoms with Crippen LogP contribution in [0.15, 0.2) is 58.8 Å². The molecule has 1 aliphatic carbocycles. The van der Waals surface area contributed by atoms with E-state index in [1.165, 1.54) is 28.8 Å². The predicted octanol–water partition coefficient (Wildman–Crippen LogP) is 6.24. The number of carboxylic acid groups (broad SMARTS) is 1. The number of hydrogen-bond donors (Lipinski definition) is 2. The first-order chi connectivity index (χ1) is 21.0. The van der Waals surface area contributed by atoms with Gasteiger partial charge in [-0.2, -0.15) is 0 Å². The molecular formula is C32H27FN4O4S3. The van der Waals surface area contributed by atoms with Crippen LogP contribution in [0.5, 0.6) is 0 Å². The Bertz CT molecular complexity index is 2080. The molecule has 2 aromatic carbocycles. The summed E-state index contributed by atoms with van der Waals surface area (Å²) >= 11 is 2.81. The monoisotopic (exact) mass is 646 g/mol. The highest BCUT2D eigenvalue weighted by molar-refractivity contribution is 7.89. The smallest absolute Gasteiger partial charge is 0.355 e. The van der Waals surface area contributed by atoms with Gasteiger partial charge >= 0.3 is 5.97 Å². The second kappa shape index (κ2) is 11.7. The maximum atomic E-state index is 14.9. The number of carboxylic acids is 1. The average molecular weight is 647 g/mol. The summed E-state index contributed by atoms with van der Waals surface area (Å²) in [6.45, 7) is 4.21. The van der Waals surface area contributed by atoms with Gasteiger partial charge in [-0.05, 0) is 86.4 Å². The van der Waals surface area contributed by atoms with Crippen LogP contribution in [0.4, 0.5) is 4.39 Å². The van der Waals surface area contributed by atoms with Crippen molar-refractivity contribution in [3.63, 3.8) is 0 Å². The number of nitrogens with zero attached hydrogens (tertiary/aromatic N) is 3. The largest absolute Gasteiger partial charge is 0.476 e. The lowest BCUT2D eigenvalue weighted by atomic mass is 10.1. The van der Waals surface area contributed by atoms with Gasteiger partial charge in [-0.3, -0.25) is 0 Å². The fourth-order valence-electron chi connectivity index (χ4n) is 4.97. The normalized spacial score (nSPS) is 13.1. The number of halogens is 1. The van der Waals surface area contributed by atoms with Crippen LogP contribution in [0.1, 0.15) is 55.7 Å². The lowest BCUT2D eigenvalue weighted by Crippen LogP contribution is -2.14. The summed E-state index contributed by atoms with van der Waals surface area (Å²) in [6.07, 6.45) is 2.89. The van der Waals surface area contributed by atoms with Crippen LogP contribution in [0.3, 0.4) is 0 Å². The van der Waals surface area contributed by atoms with Gasteiger partial charge < -0.3 is 9.67 Å². The number of rotatable bonds is 8. The Morgan fingerprint density at radius 1 is 1.14 bits per heavy atom. The maximum absolute atomic E-state index is 14.9. The molecule has 12 heteroatoms. The van der Waals surface area contributed by atoms with Crippen molar-refractivity contribution >= 4 is 38.7 Å². The van der Waals surface area contributed by atoms with Gasteiger partial charge in [0.2, 0.25) is 10.0 Å². The first-order valence-electron chi connectivity index (χ1n) is 13.8. The minimum absolute atomic E-state index is 0.0257. The summed E-state index contributed by atoms with van der Waals surface area (Å²) in [4.78, 5) is 21.1. The van der Waals surface area contributed by atoms with Crippen LogP contribution in [-0.4, -0.2) is 34.0 Å². The molecule has 8 nitrogen and oxygen atoms in total. The van der Waals surface area contributed by atoms with Crippen molar-refractivity contribution in [2.75, 3.05) is 0 Å². The number of benzene rings is 2. The predicted molar refractivity (Wildman–Crippen MR) is 169 cm³/mol. The van der Waals surface area contributed by atoms with Crippen molar-refractivity contribution in [1.29, 1.82) is 0 Å². The summed E-state index contributed by atoms with van der Waals surface area (Å²) in [5.74, 6) is 4.82. The van der Waals surface area contributed by atoms with Crippen LogP contribution < -0.4 is 5.14 Å². The van der Waals surface area contributed by atoms with Crippen molar-refractivity contribution in [2.24, 2.45) is 11.1 Å². The molecule has 0 atom stereocenters. The molecule has 0 amide bonds. The third kappa shape index (κ3) is 6.37. The molecule has 0 saturated heterocycles. The Hall–Kier alpha value is -4.15. The van der Waals surface area contributed by atoms with Crippen LogP contribution in [-0.2, 0) is 23.0 Å². The van der Waals surface area contributed by atoms with Crippen molar-refractivity contribution in [1.82, 2.24) is 14.5 Å². The summed E-state index contributed by atoms with van der Waals surface area (Å²) in [6, 6.07) is 13.7. The highest BCUT2D eigenvalue weighted by atomic mass is 32.2. The maximum Gasteiger partial charge on any atom is 0.355 e. The molecule has 3 N–H and O–H groups in total. The highest BCUT2D eigenvalue weighted by Crippen LogP contribution is 2.41. The summed E-state index contributed by atoms with van der Waals surface area (Å²) in [5.41, 5.74) is 5.73. The molecule has 1 fully saturated rings. The Kier molecular flexibility index (Phi) is 7.98. The molecule has 0 radical (unpaired) electrons. The van der Waals surface area contributed by atoms with E-state index in [2.05, 4.69) is 26.4 Å². The van der Waals surface area contributed by atoms with Crippen LogP contribution in [0, 0.1) is 37.4 Å². The first kappa shape index (κ1) is 29.9. The number of carbonyl (C=O) groups is 1. The SMILES string of the molecule is Cc1nc(C#Cc2cccc(-c3cc(-c4nc(C(=O)O)cs4)c(CC4CC4)n3Cc3ccc(S(N)(=O)=O)c(F)c3)c2)sc1C. The van der Waals surface area contributed by atoms with Crippen molar-refractivity contribution < 1.29 is 22.7 Å². The van der Waals surface area contributed by atoms with Crippen molar-refractivity contribution in [3.05, 3.63) is 97.8 Å². The highest BCUT2D eigenvalue weighted by Gasteiger charge is 2.28. The Labute approximate surface area is 262 Å². The first-order valence-corrected chi connectivity index (χ1v) is 17.0. The number of sulfonamides is 1. The zero-order valence-electron chi connectivity index (χ0n) is 23.8. The molecule has 5 aromatic rings. The summed E-state index contributed by atoms with van der Waals surface area (Å²) < 4.78 is 40.6. The van der Waals surface area contributed by atoms with E-state index in [1.54, 1.807) is 17.4 Å². The van der Waals surface area contributed by atoms with Gasteiger partial charge in [-0.25, -0.2) is 32.7 Å². The van der Waals surface area contributed by atoms with Gasteiger partial charge in [0.1, 0.15) is 15.7 Å². The van der Waals surface area contributed by atoms with Gasteiger partial charge in [0.15, 0.2) is 10.7 Å². The molecular weight excluding hydrogens is 620 g/mol. The standard InChI is InChI=1S/C32H27FN4O4S3/c1-18-19(2)43-30(35-18)11-9-20-4-3-5-23(12-20)27-15-24(31-36-26(17-42-31)32(38)39)28(14-21-6-7-21)37(27)16-22-8-10-29(25(33)13-22)44(34,40)41/h3-5,8,10,12-13,15,17,21H,6-7,14,16H2,1-2H3,(H,38,39)(H2,34,40,41). The van der Waals surface area contributed by atoms with E-state index in [0.717, 1.165) is 62.9 Å². The van der Waals surface area contributed by atoms with E-state index in [9.17, 15) is 22.7 Å². The van der Waals surface area contributed by atoms with E-state index in [1.807, 2.05) is 44.2 Å². The minimum atomic E-state index is -4.21. The van der Waals surface area contributed by atoms with Gasteiger partial charge in [0.25, 0.3) is 0 Å². The second-order valence-electron chi connectivity index (χ2n) is 10.8. The molecule has 0 bridgehead atoms. The Morgan fingerprint density at radius 3 is 2.57 bits per heavy atom. The minimum Gasteiger partial charge on any atom is -0.476 e. The zero-order chi connectivity index (χ0) is 31.2. The lowest BCUT2D eigenvalue weighted by Gasteiger charge is -2.16. The molecule has 0 unspecified atom stereocenters. The van der Waals surface area contributed by atoms with Crippen LogP contribution in [0.2, 0.25) is 0 Å². The average Bonchev–Trinajstić information content (AvgIpc) is 3.37. The van der Waals surface area contributed by atoms with Crippen LogP contribution in [0.25, 0.3) is 21.8 Å². The molecule has 3 aromatic heterocycles. The number of primary sulfonamides is 1. The van der Waals surface area contributed by atoms with E-state index in [4.69, 9.17) is 5.14 Å². The third-order valence-corrected chi connectivity index (χ3v) is 10.3. The fraction of sp³-hybridized carbons (Fsp3) is 0.219.